The molecule has 4 heteroatoms. The van der Waals surface area contributed by atoms with Crippen LogP contribution in [0.15, 0.2) is 10.8 Å². The largest absolute Gasteiger partial charge is 0.485 e. The minimum atomic E-state index is 0.250. The van der Waals surface area contributed by atoms with Crippen LogP contribution in [0.2, 0.25) is 0 Å². The molecule has 1 aliphatic rings. The van der Waals surface area contributed by atoms with Gasteiger partial charge >= 0.3 is 0 Å². The van der Waals surface area contributed by atoms with Crippen molar-refractivity contribution in [1.29, 1.82) is 0 Å². The van der Waals surface area contributed by atoms with Crippen LogP contribution in [0.1, 0.15) is 6.92 Å². The maximum absolute atomic E-state index is 7.57. The van der Waals surface area contributed by atoms with E-state index in [4.69, 9.17) is 14.6 Å². The van der Waals surface area contributed by atoms with Gasteiger partial charge in [-0.3, -0.25) is 0 Å². The highest BCUT2D eigenvalue weighted by atomic mass is 32.1. The lowest BCUT2D eigenvalue weighted by atomic mass is 10.5. The molecule has 1 aromatic rings. The van der Waals surface area contributed by atoms with Crippen molar-refractivity contribution in [3.63, 3.8) is 0 Å². The Morgan fingerprint density at radius 2 is 1.75 bits per heavy atom. The van der Waals surface area contributed by atoms with Crippen LogP contribution in [-0.2, 0) is 0 Å². The van der Waals surface area contributed by atoms with Crippen molar-refractivity contribution < 1.29 is 14.6 Å². The van der Waals surface area contributed by atoms with Crippen molar-refractivity contribution >= 4 is 11.3 Å². The molecular formula is C8H12O3S. The Balaban J connectivity index is 0.000000213. The smallest absolute Gasteiger partial charge is 0.172 e. The molecule has 0 saturated carbocycles. The number of ether oxygens (including phenoxy) is 2. The van der Waals surface area contributed by atoms with Gasteiger partial charge < -0.3 is 14.6 Å². The van der Waals surface area contributed by atoms with Gasteiger partial charge in [0.1, 0.15) is 13.2 Å². The molecule has 68 valence electrons. The van der Waals surface area contributed by atoms with Crippen molar-refractivity contribution in [3.05, 3.63) is 10.8 Å². The molecular weight excluding hydrogens is 176 g/mol. The summed E-state index contributed by atoms with van der Waals surface area (Å²) >= 11 is 1.61. The van der Waals surface area contributed by atoms with Crippen molar-refractivity contribution in [2.45, 2.75) is 6.92 Å². The van der Waals surface area contributed by atoms with Crippen LogP contribution < -0.4 is 9.47 Å². The van der Waals surface area contributed by atoms with E-state index < -0.39 is 0 Å². The second kappa shape index (κ2) is 5.00. The number of hydrogen-bond acceptors (Lipinski definition) is 4. The summed E-state index contributed by atoms with van der Waals surface area (Å²) in [7, 11) is 0. The average Bonchev–Trinajstić information content (AvgIpc) is 2.52. The molecule has 0 radical (unpaired) electrons. The van der Waals surface area contributed by atoms with Crippen molar-refractivity contribution in [2.24, 2.45) is 0 Å². The highest BCUT2D eigenvalue weighted by Crippen LogP contribution is 2.33. The summed E-state index contributed by atoms with van der Waals surface area (Å²) in [6, 6.07) is 0. The van der Waals surface area contributed by atoms with Crippen LogP contribution >= 0.6 is 11.3 Å². The van der Waals surface area contributed by atoms with Crippen LogP contribution in [0, 0.1) is 0 Å². The highest BCUT2D eigenvalue weighted by molar-refractivity contribution is 7.08. The molecule has 2 heterocycles. The first-order valence-electron chi connectivity index (χ1n) is 3.81. The molecule has 2 rings (SSSR count). The number of fused-ring (bicyclic) bond motifs is 1. The summed E-state index contributed by atoms with van der Waals surface area (Å²) < 4.78 is 10.5. The quantitative estimate of drug-likeness (QED) is 0.671. The Morgan fingerprint density at radius 3 is 2.17 bits per heavy atom. The lowest BCUT2D eigenvalue weighted by Gasteiger charge is -2.13. The summed E-state index contributed by atoms with van der Waals surface area (Å²) in [4.78, 5) is 0. The van der Waals surface area contributed by atoms with Gasteiger partial charge in [-0.15, -0.1) is 11.3 Å². The molecule has 0 saturated heterocycles. The molecule has 0 atom stereocenters. The topological polar surface area (TPSA) is 38.7 Å². The Hall–Kier alpha value is -0.740. The first-order valence-corrected chi connectivity index (χ1v) is 4.75. The Morgan fingerprint density at radius 1 is 1.33 bits per heavy atom. The Kier molecular flexibility index (Phi) is 3.90. The van der Waals surface area contributed by atoms with Gasteiger partial charge in [0.25, 0.3) is 0 Å². The zero-order valence-corrected chi connectivity index (χ0v) is 7.76. The minimum Gasteiger partial charge on any atom is -0.485 e. The van der Waals surface area contributed by atoms with Crippen molar-refractivity contribution in [3.8, 4) is 11.5 Å². The summed E-state index contributed by atoms with van der Waals surface area (Å²) in [5, 5.41) is 11.5. The van der Waals surface area contributed by atoms with E-state index in [9.17, 15) is 0 Å². The van der Waals surface area contributed by atoms with Crippen LogP contribution in [0.3, 0.4) is 0 Å². The van der Waals surface area contributed by atoms with Crippen molar-refractivity contribution in [2.75, 3.05) is 19.8 Å². The molecule has 0 bridgehead atoms. The highest BCUT2D eigenvalue weighted by Gasteiger charge is 2.10. The molecule has 0 aromatic carbocycles. The molecule has 0 fully saturated rings. The number of rotatable bonds is 0. The molecule has 1 aliphatic heterocycles. The van der Waals surface area contributed by atoms with Gasteiger partial charge in [0.2, 0.25) is 0 Å². The van der Waals surface area contributed by atoms with Crippen LogP contribution in [0.5, 0.6) is 11.5 Å². The fourth-order valence-corrected chi connectivity index (χ4v) is 1.47. The van der Waals surface area contributed by atoms with E-state index in [-0.39, 0.29) is 6.61 Å². The summed E-state index contributed by atoms with van der Waals surface area (Å²) in [5.74, 6) is 1.79. The van der Waals surface area contributed by atoms with Gasteiger partial charge in [-0.05, 0) is 6.92 Å². The monoisotopic (exact) mass is 188 g/mol. The third-order valence-electron chi connectivity index (χ3n) is 1.19. The van der Waals surface area contributed by atoms with Gasteiger partial charge in [0, 0.05) is 17.4 Å². The second-order valence-electron chi connectivity index (χ2n) is 2.11. The maximum Gasteiger partial charge on any atom is 0.172 e. The summed E-state index contributed by atoms with van der Waals surface area (Å²) in [5.41, 5.74) is 0. The molecule has 0 aliphatic carbocycles. The predicted octanol–water partition coefficient (Wildman–Crippen LogP) is 1.52. The molecule has 1 aromatic heterocycles. The van der Waals surface area contributed by atoms with Gasteiger partial charge in [-0.2, -0.15) is 0 Å². The Bertz CT molecular complexity index is 201. The molecule has 0 unspecified atom stereocenters. The molecule has 1 N–H and O–H groups in total. The molecule has 0 spiro atoms. The van der Waals surface area contributed by atoms with Crippen molar-refractivity contribution in [1.82, 2.24) is 0 Å². The number of hydrogen-bond donors (Lipinski definition) is 1. The van der Waals surface area contributed by atoms with E-state index in [0.29, 0.717) is 13.2 Å². The molecule has 0 amide bonds. The van der Waals surface area contributed by atoms with Gasteiger partial charge in [-0.1, -0.05) is 0 Å². The van der Waals surface area contributed by atoms with E-state index in [1.807, 2.05) is 10.8 Å². The van der Waals surface area contributed by atoms with E-state index in [1.165, 1.54) is 0 Å². The zero-order chi connectivity index (χ0) is 8.81. The second-order valence-corrected chi connectivity index (χ2v) is 2.86. The zero-order valence-electron chi connectivity index (χ0n) is 6.95. The lowest BCUT2D eigenvalue weighted by Crippen LogP contribution is -2.13. The first kappa shape index (κ1) is 9.35. The summed E-state index contributed by atoms with van der Waals surface area (Å²) in [6.45, 7) is 3.30. The van der Waals surface area contributed by atoms with E-state index in [0.717, 1.165) is 11.5 Å². The van der Waals surface area contributed by atoms with Gasteiger partial charge in [0.15, 0.2) is 11.5 Å². The Labute approximate surface area is 75.6 Å². The average molecular weight is 188 g/mol. The fraction of sp³-hybridized carbons (Fsp3) is 0.500. The first-order chi connectivity index (χ1) is 5.88. The standard InChI is InChI=1S/C6H6O2S.C2H6O/c1-2-8-6-4-9-3-5(6)7-1;1-2-3/h3-4H,1-2H2;3H,2H2,1H3. The third kappa shape index (κ3) is 2.39. The van der Waals surface area contributed by atoms with E-state index >= 15 is 0 Å². The van der Waals surface area contributed by atoms with Crippen LogP contribution in [-0.4, -0.2) is 24.9 Å². The van der Waals surface area contributed by atoms with Gasteiger partial charge in [-0.25, -0.2) is 0 Å². The molecule has 12 heavy (non-hydrogen) atoms. The summed E-state index contributed by atoms with van der Waals surface area (Å²) in [6.07, 6.45) is 0. The number of aliphatic hydroxyl groups excluding tert-OH is 1. The third-order valence-corrected chi connectivity index (χ3v) is 1.89. The normalized spacial score (nSPS) is 13.2. The maximum atomic E-state index is 7.57. The fourth-order valence-electron chi connectivity index (χ4n) is 0.787. The lowest BCUT2D eigenvalue weighted by molar-refractivity contribution is 0.173. The molecule has 3 nitrogen and oxygen atoms in total. The SMILES string of the molecule is CCO.c1scc2c1OCCO2. The number of aliphatic hydroxyl groups is 1. The van der Waals surface area contributed by atoms with Crippen LogP contribution in [0.25, 0.3) is 0 Å². The minimum absolute atomic E-state index is 0.250. The van der Waals surface area contributed by atoms with Crippen LogP contribution in [0.4, 0.5) is 0 Å². The van der Waals surface area contributed by atoms with Gasteiger partial charge in [0.05, 0.1) is 0 Å². The number of thiophene rings is 1. The van der Waals surface area contributed by atoms with E-state index in [2.05, 4.69) is 0 Å². The predicted molar refractivity (Wildman–Crippen MR) is 48.1 cm³/mol. The van der Waals surface area contributed by atoms with E-state index in [1.54, 1.807) is 18.3 Å².